The molecule has 1 aromatic rings. The molecule has 2 fully saturated rings. The zero-order valence-electron chi connectivity index (χ0n) is 15.4. The number of hydrogen-bond acceptors (Lipinski definition) is 5. The van der Waals surface area contributed by atoms with E-state index in [4.69, 9.17) is 4.74 Å². The highest BCUT2D eigenvalue weighted by atomic mass is 16.6. The quantitative estimate of drug-likeness (QED) is 0.892. The number of carbonyl (C=O) groups is 2. The Morgan fingerprint density at radius 3 is 2.62 bits per heavy atom. The van der Waals surface area contributed by atoms with Crippen molar-refractivity contribution in [1.29, 1.82) is 0 Å². The second-order valence-corrected chi connectivity index (χ2v) is 6.88. The summed E-state index contributed by atoms with van der Waals surface area (Å²) >= 11 is 0. The van der Waals surface area contributed by atoms with Crippen molar-refractivity contribution in [2.45, 2.75) is 45.1 Å². The highest BCUT2D eigenvalue weighted by Crippen LogP contribution is 2.19. The van der Waals surface area contributed by atoms with Gasteiger partial charge < -0.3 is 19.9 Å². The van der Waals surface area contributed by atoms with Crippen LogP contribution in [0.2, 0.25) is 0 Å². The normalized spacial score (nSPS) is 18.5. The summed E-state index contributed by atoms with van der Waals surface area (Å²) in [5.41, 5.74) is 0.647. The molecule has 1 N–H and O–H groups in total. The van der Waals surface area contributed by atoms with Crippen molar-refractivity contribution in [1.82, 2.24) is 15.2 Å². The largest absolute Gasteiger partial charge is 0.450 e. The SMILES string of the molecule is CCOC(=O)N1CCN(c2cc(C(=O)NC3CCCCC3)ccn2)CC1. The fraction of sp³-hybridized carbons (Fsp3) is 0.632. The first kappa shape index (κ1) is 18.5. The number of anilines is 1. The van der Waals surface area contributed by atoms with E-state index in [1.807, 2.05) is 13.0 Å². The lowest BCUT2D eigenvalue weighted by Crippen LogP contribution is -2.49. The standard InChI is InChI=1S/C19H28N4O3/c1-2-26-19(25)23-12-10-22(11-13-23)17-14-15(8-9-20-17)18(24)21-16-6-4-3-5-7-16/h8-9,14,16H,2-7,10-13H2,1H3,(H,21,24). The Kier molecular flexibility index (Phi) is 6.30. The van der Waals surface area contributed by atoms with Gasteiger partial charge in [0.15, 0.2) is 0 Å². The third-order valence-electron chi connectivity index (χ3n) is 5.08. The second kappa shape index (κ2) is 8.87. The first-order valence-electron chi connectivity index (χ1n) is 9.61. The summed E-state index contributed by atoms with van der Waals surface area (Å²) in [4.78, 5) is 32.5. The molecule has 1 aliphatic heterocycles. The van der Waals surface area contributed by atoms with Crippen LogP contribution in [0.3, 0.4) is 0 Å². The maximum atomic E-state index is 12.5. The predicted octanol–water partition coefficient (Wildman–Crippen LogP) is 2.42. The molecule has 0 atom stereocenters. The van der Waals surface area contributed by atoms with Crippen molar-refractivity contribution < 1.29 is 14.3 Å². The van der Waals surface area contributed by atoms with Crippen LogP contribution in [0.5, 0.6) is 0 Å². The average molecular weight is 360 g/mol. The molecule has 7 heteroatoms. The average Bonchev–Trinajstić information content (AvgIpc) is 2.69. The molecule has 1 saturated heterocycles. The Balaban J connectivity index is 1.57. The van der Waals surface area contributed by atoms with Crippen LogP contribution >= 0.6 is 0 Å². The van der Waals surface area contributed by atoms with Crippen LogP contribution in [0.4, 0.5) is 10.6 Å². The molecule has 1 saturated carbocycles. The van der Waals surface area contributed by atoms with E-state index in [9.17, 15) is 9.59 Å². The van der Waals surface area contributed by atoms with Crippen LogP contribution in [-0.2, 0) is 4.74 Å². The fourth-order valence-electron chi connectivity index (χ4n) is 3.58. The van der Waals surface area contributed by atoms with Gasteiger partial charge in [0.25, 0.3) is 5.91 Å². The molecule has 0 bridgehead atoms. The van der Waals surface area contributed by atoms with Gasteiger partial charge in [-0.1, -0.05) is 19.3 Å². The summed E-state index contributed by atoms with van der Waals surface area (Å²) in [6.45, 7) is 4.75. The number of nitrogens with one attached hydrogen (secondary N) is 1. The molecular formula is C19H28N4O3. The number of ether oxygens (including phenoxy) is 1. The first-order valence-corrected chi connectivity index (χ1v) is 9.61. The van der Waals surface area contributed by atoms with Gasteiger partial charge in [-0.25, -0.2) is 9.78 Å². The molecule has 7 nitrogen and oxygen atoms in total. The van der Waals surface area contributed by atoms with Gasteiger partial charge in [0, 0.05) is 44.0 Å². The van der Waals surface area contributed by atoms with Crippen LogP contribution in [0.25, 0.3) is 0 Å². The Labute approximate surface area is 154 Å². The first-order chi connectivity index (χ1) is 12.7. The fourth-order valence-corrected chi connectivity index (χ4v) is 3.58. The Morgan fingerprint density at radius 2 is 1.92 bits per heavy atom. The van der Waals surface area contributed by atoms with Crippen molar-refractivity contribution in [3.63, 3.8) is 0 Å². The van der Waals surface area contributed by atoms with E-state index in [-0.39, 0.29) is 12.0 Å². The van der Waals surface area contributed by atoms with E-state index in [1.165, 1.54) is 19.3 Å². The molecule has 0 spiro atoms. The van der Waals surface area contributed by atoms with E-state index in [0.717, 1.165) is 18.7 Å². The van der Waals surface area contributed by atoms with Crippen LogP contribution in [0.15, 0.2) is 18.3 Å². The Bertz CT molecular complexity index is 623. The lowest BCUT2D eigenvalue weighted by molar-refractivity contribution is 0.0927. The van der Waals surface area contributed by atoms with E-state index >= 15 is 0 Å². The van der Waals surface area contributed by atoms with Gasteiger partial charge >= 0.3 is 6.09 Å². The molecule has 1 aliphatic carbocycles. The third-order valence-corrected chi connectivity index (χ3v) is 5.08. The van der Waals surface area contributed by atoms with Crippen molar-refractivity contribution in [3.05, 3.63) is 23.9 Å². The molecule has 0 radical (unpaired) electrons. The van der Waals surface area contributed by atoms with Crippen LogP contribution in [-0.4, -0.2) is 60.7 Å². The molecule has 0 aromatic carbocycles. The van der Waals surface area contributed by atoms with Gasteiger partial charge in [-0.05, 0) is 31.9 Å². The Hall–Kier alpha value is -2.31. The number of hydrogen-bond donors (Lipinski definition) is 1. The summed E-state index contributed by atoms with van der Waals surface area (Å²) in [6, 6.07) is 3.90. The molecule has 2 amide bonds. The summed E-state index contributed by atoms with van der Waals surface area (Å²) in [6.07, 6.45) is 7.21. The molecule has 2 aliphatic rings. The number of pyridine rings is 1. The van der Waals surface area contributed by atoms with Crippen LogP contribution < -0.4 is 10.2 Å². The van der Waals surface area contributed by atoms with Gasteiger partial charge in [0.2, 0.25) is 0 Å². The van der Waals surface area contributed by atoms with Crippen molar-refractivity contribution >= 4 is 17.8 Å². The number of carbonyl (C=O) groups excluding carboxylic acids is 2. The number of nitrogens with zero attached hydrogens (tertiary/aromatic N) is 3. The zero-order valence-corrected chi connectivity index (χ0v) is 15.4. The monoisotopic (exact) mass is 360 g/mol. The molecule has 0 unspecified atom stereocenters. The lowest BCUT2D eigenvalue weighted by Gasteiger charge is -2.34. The van der Waals surface area contributed by atoms with Crippen LogP contribution in [0, 0.1) is 0 Å². The number of amides is 2. The summed E-state index contributed by atoms with van der Waals surface area (Å²) in [5.74, 6) is 0.760. The minimum Gasteiger partial charge on any atom is -0.450 e. The smallest absolute Gasteiger partial charge is 0.409 e. The lowest BCUT2D eigenvalue weighted by atomic mass is 9.95. The molecule has 1 aromatic heterocycles. The molecule has 3 rings (SSSR count). The van der Waals surface area contributed by atoms with Gasteiger partial charge in [-0.15, -0.1) is 0 Å². The van der Waals surface area contributed by atoms with E-state index < -0.39 is 0 Å². The van der Waals surface area contributed by atoms with E-state index in [0.29, 0.717) is 44.4 Å². The predicted molar refractivity (Wildman–Crippen MR) is 99.4 cm³/mol. The second-order valence-electron chi connectivity index (χ2n) is 6.88. The summed E-state index contributed by atoms with van der Waals surface area (Å²) in [7, 11) is 0. The van der Waals surface area contributed by atoms with E-state index in [2.05, 4.69) is 15.2 Å². The molecular weight excluding hydrogens is 332 g/mol. The Morgan fingerprint density at radius 1 is 1.19 bits per heavy atom. The highest BCUT2D eigenvalue weighted by molar-refractivity contribution is 5.95. The van der Waals surface area contributed by atoms with Gasteiger partial charge in [0.05, 0.1) is 6.61 Å². The highest BCUT2D eigenvalue weighted by Gasteiger charge is 2.23. The van der Waals surface area contributed by atoms with E-state index in [1.54, 1.807) is 17.2 Å². The molecule has 2 heterocycles. The van der Waals surface area contributed by atoms with Crippen LogP contribution in [0.1, 0.15) is 49.4 Å². The van der Waals surface area contributed by atoms with Gasteiger partial charge in [-0.2, -0.15) is 0 Å². The molecule has 142 valence electrons. The van der Waals surface area contributed by atoms with Crippen molar-refractivity contribution in [2.75, 3.05) is 37.7 Å². The third kappa shape index (κ3) is 4.65. The van der Waals surface area contributed by atoms with Gasteiger partial charge in [0.1, 0.15) is 5.82 Å². The maximum absolute atomic E-state index is 12.5. The molecule has 26 heavy (non-hydrogen) atoms. The number of aromatic nitrogens is 1. The number of piperazine rings is 1. The summed E-state index contributed by atoms with van der Waals surface area (Å²) in [5, 5.41) is 3.15. The van der Waals surface area contributed by atoms with Crippen molar-refractivity contribution in [2.24, 2.45) is 0 Å². The summed E-state index contributed by atoms with van der Waals surface area (Å²) < 4.78 is 5.04. The zero-order chi connectivity index (χ0) is 18.4. The minimum absolute atomic E-state index is 0.0225. The van der Waals surface area contributed by atoms with Crippen molar-refractivity contribution in [3.8, 4) is 0 Å². The topological polar surface area (TPSA) is 74.8 Å². The number of rotatable bonds is 4. The maximum Gasteiger partial charge on any atom is 0.409 e. The van der Waals surface area contributed by atoms with Gasteiger partial charge in [-0.3, -0.25) is 4.79 Å². The minimum atomic E-state index is -0.263.